The van der Waals surface area contributed by atoms with Gasteiger partial charge in [0.2, 0.25) is 0 Å². The van der Waals surface area contributed by atoms with Crippen LogP contribution in [0.5, 0.6) is 0 Å². The average Bonchev–Trinajstić information content (AvgIpc) is 3.02. The highest BCUT2D eigenvalue weighted by molar-refractivity contribution is 5.94. The van der Waals surface area contributed by atoms with Crippen molar-refractivity contribution in [2.45, 2.75) is 90.8 Å². The fourth-order valence-corrected chi connectivity index (χ4v) is 6.13. The first kappa shape index (κ1) is 25.5. The molecule has 5 heteroatoms. The predicted octanol–water partition coefficient (Wildman–Crippen LogP) is 5.56. The van der Waals surface area contributed by atoms with Gasteiger partial charge in [0, 0.05) is 18.8 Å². The fourth-order valence-electron chi connectivity index (χ4n) is 6.13. The number of allylic oxidation sites excluding steroid dienone is 1. The first-order valence-electron chi connectivity index (χ1n) is 12.4. The summed E-state index contributed by atoms with van der Waals surface area (Å²) in [7, 11) is 0. The number of esters is 1. The first-order chi connectivity index (χ1) is 15.6. The van der Waals surface area contributed by atoms with E-state index >= 15 is 0 Å². The maximum absolute atomic E-state index is 13.4. The van der Waals surface area contributed by atoms with Gasteiger partial charge in [-0.2, -0.15) is 0 Å². The van der Waals surface area contributed by atoms with Crippen LogP contribution in [0, 0.1) is 23.2 Å². The van der Waals surface area contributed by atoms with Crippen LogP contribution in [-0.2, 0) is 20.7 Å². The number of carbonyl (C=O) groups is 2. The molecule has 182 valence electrons. The normalized spacial score (nSPS) is 32.8. The van der Waals surface area contributed by atoms with Crippen LogP contribution in [0.2, 0.25) is 0 Å². The SMILES string of the molecule is CC(=O)OC1(C2(C)CCC(C(C)C)CC2)C(=O)CC(O)C1/C(O)=C\CCCc1ccccc1. The summed E-state index contributed by atoms with van der Waals surface area (Å²) < 4.78 is 5.88. The van der Waals surface area contributed by atoms with Gasteiger partial charge in [-0.05, 0) is 68.4 Å². The number of aliphatic hydroxyl groups is 2. The van der Waals surface area contributed by atoms with E-state index in [0.29, 0.717) is 18.3 Å². The van der Waals surface area contributed by atoms with Gasteiger partial charge < -0.3 is 14.9 Å². The minimum absolute atomic E-state index is 0.0325. The number of aryl methyl sites for hydroxylation is 1. The van der Waals surface area contributed by atoms with Crippen molar-refractivity contribution >= 4 is 11.8 Å². The number of aliphatic hydroxyl groups excluding tert-OH is 2. The van der Waals surface area contributed by atoms with Gasteiger partial charge in [-0.1, -0.05) is 51.1 Å². The molecule has 3 atom stereocenters. The van der Waals surface area contributed by atoms with Crippen LogP contribution in [0.1, 0.15) is 78.2 Å². The summed E-state index contributed by atoms with van der Waals surface area (Å²) >= 11 is 0. The minimum atomic E-state index is -1.53. The number of ketones is 1. The van der Waals surface area contributed by atoms with Crippen molar-refractivity contribution in [3.05, 3.63) is 47.7 Å². The lowest BCUT2D eigenvalue weighted by Gasteiger charge is -2.51. The van der Waals surface area contributed by atoms with Gasteiger partial charge in [0.25, 0.3) is 0 Å². The second-order valence-electron chi connectivity index (χ2n) is 10.7. The molecule has 0 saturated heterocycles. The van der Waals surface area contributed by atoms with Crippen molar-refractivity contribution in [2.24, 2.45) is 23.2 Å². The van der Waals surface area contributed by atoms with Crippen LogP contribution < -0.4 is 0 Å². The van der Waals surface area contributed by atoms with Gasteiger partial charge in [0.1, 0.15) is 0 Å². The molecule has 1 aromatic rings. The molecule has 2 N–H and O–H groups in total. The lowest BCUT2D eigenvalue weighted by atomic mass is 9.57. The molecule has 0 heterocycles. The van der Waals surface area contributed by atoms with Crippen molar-refractivity contribution in [1.29, 1.82) is 0 Å². The van der Waals surface area contributed by atoms with Crippen LogP contribution in [-0.4, -0.2) is 33.7 Å². The molecule has 0 spiro atoms. The number of Topliss-reactive ketones (excluding diaryl/α,β-unsaturated/α-hetero) is 1. The Hall–Kier alpha value is -2.14. The molecule has 2 fully saturated rings. The van der Waals surface area contributed by atoms with Crippen LogP contribution in [0.25, 0.3) is 0 Å². The van der Waals surface area contributed by atoms with Crippen LogP contribution in [0.15, 0.2) is 42.2 Å². The van der Waals surface area contributed by atoms with Gasteiger partial charge in [-0.15, -0.1) is 0 Å². The standard InChI is InChI=1S/C28H40O5/c1-19(2)22-14-16-27(4,17-15-22)28(33-20(3)29)25(32)18-24(31)26(28)23(30)13-9-8-12-21-10-6-5-7-11-21/h5-7,10-11,13,19,22,24,26,30-31H,8-9,12,14-18H2,1-4H3/b23-13+. The summed E-state index contributed by atoms with van der Waals surface area (Å²) in [4.78, 5) is 25.7. The Balaban J connectivity index is 1.85. The molecule has 0 aliphatic heterocycles. The van der Waals surface area contributed by atoms with E-state index < -0.39 is 29.0 Å². The second kappa shape index (κ2) is 10.4. The third-order valence-corrected chi connectivity index (χ3v) is 8.09. The van der Waals surface area contributed by atoms with E-state index in [1.807, 2.05) is 25.1 Å². The van der Waals surface area contributed by atoms with Crippen molar-refractivity contribution in [3.8, 4) is 0 Å². The third kappa shape index (κ3) is 5.18. The molecule has 33 heavy (non-hydrogen) atoms. The number of ether oxygens (including phenoxy) is 1. The van der Waals surface area contributed by atoms with Gasteiger partial charge >= 0.3 is 5.97 Å². The highest BCUT2D eigenvalue weighted by Gasteiger charge is 2.67. The largest absolute Gasteiger partial charge is 0.512 e. The molecule has 5 nitrogen and oxygen atoms in total. The van der Waals surface area contributed by atoms with E-state index in [1.54, 1.807) is 6.08 Å². The van der Waals surface area contributed by atoms with Crippen LogP contribution in [0.3, 0.4) is 0 Å². The molecule has 3 unspecified atom stereocenters. The molecular formula is C28H40O5. The summed E-state index contributed by atoms with van der Waals surface area (Å²) in [6.45, 7) is 7.73. The Morgan fingerprint density at radius 1 is 1.21 bits per heavy atom. The average molecular weight is 457 g/mol. The second-order valence-corrected chi connectivity index (χ2v) is 10.7. The molecule has 0 bridgehead atoms. The number of unbranched alkanes of at least 4 members (excludes halogenated alkanes) is 1. The maximum Gasteiger partial charge on any atom is 0.303 e. The highest BCUT2D eigenvalue weighted by atomic mass is 16.6. The van der Waals surface area contributed by atoms with E-state index in [2.05, 4.69) is 26.0 Å². The Bertz CT molecular complexity index is 850. The summed E-state index contributed by atoms with van der Waals surface area (Å²) in [5, 5.41) is 22.0. The number of hydrogen-bond acceptors (Lipinski definition) is 5. The van der Waals surface area contributed by atoms with E-state index in [4.69, 9.17) is 4.74 Å². The van der Waals surface area contributed by atoms with Crippen molar-refractivity contribution in [3.63, 3.8) is 0 Å². The van der Waals surface area contributed by atoms with Gasteiger partial charge in [0.15, 0.2) is 11.4 Å². The predicted molar refractivity (Wildman–Crippen MR) is 129 cm³/mol. The summed E-state index contributed by atoms with van der Waals surface area (Å²) in [6.07, 6.45) is 6.17. The molecule has 2 saturated carbocycles. The molecule has 1 aromatic carbocycles. The smallest absolute Gasteiger partial charge is 0.303 e. The number of benzene rings is 1. The highest BCUT2D eigenvalue weighted by Crippen LogP contribution is 2.57. The van der Waals surface area contributed by atoms with Crippen molar-refractivity contribution < 1.29 is 24.5 Å². The lowest BCUT2D eigenvalue weighted by molar-refractivity contribution is -0.193. The maximum atomic E-state index is 13.4. The molecule has 0 aromatic heterocycles. The fraction of sp³-hybridized carbons (Fsp3) is 0.643. The van der Waals surface area contributed by atoms with E-state index in [1.165, 1.54) is 12.5 Å². The summed E-state index contributed by atoms with van der Waals surface area (Å²) in [5.74, 6) is -0.662. The quantitative estimate of drug-likeness (QED) is 0.304. The lowest BCUT2D eigenvalue weighted by Crippen LogP contribution is -2.59. The van der Waals surface area contributed by atoms with Crippen LogP contribution >= 0.6 is 0 Å². The summed E-state index contributed by atoms with van der Waals surface area (Å²) in [6, 6.07) is 10.1. The molecular weight excluding hydrogens is 416 g/mol. The zero-order chi connectivity index (χ0) is 24.2. The Morgan fingerprint density at radius 3 is 2.42 bits per heavy atom. The van der Waals surface area contributed by atoms with E-state index in [-0.39, 0.29) is 18.0 Å². The molecule has 3 rings (SSSR count). The molecule has 0 amide bonds. The van der Waals surface area contributed by atoms with E-state index in [0.717, 1.165) is 38.5 Å². The molecule has 2 aliphatic rings. The third-order valence-electron chi connectivity index (χ3n) is 8.09. The topological polar surface area (TPSA) is 83.8 Å². The molecule has 0 radical (unpaired) electrons. The Kier molecular flexibility index (Phi) is 8.04. The van der Waals surface area contributed by atoms with Gasteiger partial charge in [0.05, 0.1) is 17.8 Å². The van der Waals surface area contributed by atoms with Crippen molar-refractivity contribution in [1.82, 2.24) is 0 Å². The minimum Gasteiger partial charge on any atom is -0.512 e. The Labute approximate surface area is 198 Å². The Morgan fingerprint density at radius 2 is 1.85 bits per heavy atom. The van der Waals surface area contributed by atoms with E-state index in [9.17, 15) is 19.8 Å². The molecule has 2 aliphatic carbocycles. The number of hydrogen-bond donors (Lipinski definition) is 2. The van der Waals surface area contributed by atoms with Gasteiger partial charge in [-0.25, -0.2) is 0 Å². The number of rotatable bonds is 8. The van der Waals surface area contributed by atoms with Gasteiger partial charge in [-0.3, -0.25) is 9.59 Å². The van der Waals surface area contributed by atoms with Crippen LogP contribution in [0.4, 0.5) is 0 Å². The summed E-state index contributed by atoms with van der Waals surface area (Å²) in [5.41, 5.74) is -0.930. The number of carbonyl (C=O) groups excluding carboxylic acids is 2. The zero-order valence-corrected chi connectivity index (χ0v) is 20.5. The zero-order valence-electron chi connectivity index (χ0n) is 20.5. The van der Waals surface area contributed by atoms with Crippen molar-refractivity contribution in [2.75, 3.05) is 0 Å². The first-order valence-corrected chi connectivity index (χ1v) is 12.4. The monoisotopic (exact) mass is 456 g/mol.